The van der Waals surface area contributed by atoms with Crippen LogP contribution in [0.4, 0.5) is 10.8 Å². The highest BCUT2D eigenvalue weighted by atomic mass is 32.1. The van der Waals surface area contributed by atoms with Gasteiger partial charge in [-0.2, -0.15) is 5.48 Å². The molecule has 32 heavy (non-hydrogen) atoms. The Bertz CT molecular complexity index is 1140. The van der Waals surface area contributed by atoms with Crippen LogP contribution >= 0.6 is 11.3 Å². The first-order valence-electron chi connectivity index (χ1n) is 9.68. The molecule has 0 aliphatic heterocycles. The van der Waals surface area contributed by atoms with Crippen molar-refractivity contribution in [2.75, 3.05) is 19.1 Å². The average Bonchev–Trinajstić information content (AvgIpc) is 3.36. The molecular weight excluding hydrogens is 430 g/mol. The van der Waals surface area contributed by atoms with Gasteiger partial charge in [0, 0.05) is 36.3 Å². The van der Waals surface area contributed by atoms with Crippen LogP contribution in [0.25, 0.3) is 5.76 Å². The Morgan fingerprint density at radius 3 is 2.66 bits per heavy atom. The third-order valence-corrected chi connectivity index (χ3v) is 5.92. The van der Waals surface area contributed by atoms with Gasteiger partial charge < -0.3 is 14.7 Å². The molecule has 0 saturated heterocycles. The summed E-state index contributed by atoms with van der Waals surface area (Å²) in [5.74, 6) is -0.546. The van der Waals surface area contributed by atoms with Crippen LogP contribution in [-0.4, -0.2) is 41.5 Å². The lowest BCUT2D eigenvalue weighted by Gasteiger charge is -2.30. The highest BCUT2D eigenvalue weighted by molar-refractivity contribution is 7.13. The molecule has 4 N–H and O–H groups in total. The molecule has 1 heterocycles. The van der Waals surface area contributed by atoms with E-state index in [1.54, 1.807) is 73.1 Å². The van der Waals surface area contributed by atoms with Gasteiger partial charge in [0.2, 0.25) is 5.78 Å². The zero-order chi connectivity index (χ0) is 23.3. The van der Waals surface area contributed by atoms with Crippen LogP contribution in [0.2, 0.25) is 0 Å². The summed E-state index contributed by atoms with van der Waals surface area (Å²) in [5, 5.41) is 23.1. The number of methoxy groups -OCH3 is 1. The molecule has 0 spiro atoms. The van der Waals surface area contributed by atoms with Crippen molar-refractivity contribution in [3.8, 4) is 5.75 Å². The van der Waals surface area contributed by atoms with Crippen molar-refractivity contribution < 1.29 is 30.1 Å². The molecule has 0 amide bonds. The van der Waals surface area contributed by atoms with Crippen LogP contribution in [0.5, 0.6) is 5.75 Å². The van der Waals surface area contributed by atoms with Gasteiger partial charge in [0.25, 0.3) is 0 Å². The van der Waals surface area contributed by atoms with E-state index in [0.717, 1.165) is 11.0 Å². The van der Waals surface area contributed by atoms with E-state index in [1.807, 2.05) is 6.92 Å². The quantitative estimate of drug-likeness (QED) is 0.114. The molecule has 3 aromatic rings. The summed E-state index contributed by atoms with van der Waals surface area (Å²) in [6.07, 6.45) is 1.82. The van der Waals surface area contributed by atoms with Crippen molar-refractivity contribution in [1.82, 2.24) is 4.98 Å². The van der Waals surface area contributed by atoms with E-state index in [4.69, 9.17) is 4.74 Å². The van der Waals surface area contributed by atoms with Gasteiger partial charge >= 0.3 is 0 Å². The van der Waals surface area contributed by atoms with Gasteiger partial charge in [-0.3, -0.25) is 9.59 Å². The molecule has 1 unspecified atom stereocenters. The molecule has 2 aromatic carbocycles. The minimum atomic E-state index is -0.859. The summed E-state index contributed by atoms with van der Waals surface area (Å²) in [7, 11) is 3.27. The molecule has 0 radical (unpaired) electrons. The molecule has 0 bridgehead atoms. The number of hydrogen-bond acceptors (Lipinski definition) is 8. The number of aromatic nitrogens is 1. The Morgan fingerprint density at radius 2 is 2.06 bits per heavy atom. The smallest absolute Gasteiger partial charge is 0.227 e. The summed E-state index contributed by atoms with van der Waals surface area (Å²) < 4.78 is 5.28. The number of aryl methyl sites for hydroxylation is 1. The van der Waals surface area contributed by atoms with Crippen molar-refractivity contribution >= 4 is 40.0 Å². The van der Waals surface area contributed by atoms with Crippen molar-refractivity contribution in [2.24, 2.45) is 0 Å². The summed E-state index contributed by atoms with van der Waals surface area (Å²) in [5.41, 5.74) is 3.08. The molecule has 166 valence electrons. The van der Waals surface area contributed by atoms with Gasteiger partial charge in [-0.05, 0) is 36.2 Å². The molecule has 0 saturated carbocycles. The number of carbonyl (C=O) groups is 2. The highest BCUT2D eigenvalue weighted by Crippen LogP contribution is 2.37. The van der Waals surface area contributed by atoms with Crippen LogP contribution in [0, 0.1) is 6.92 Å². The number of aliphatic hydroxyl groups is 1. The Hall–Kier alpha value is -3.53. The molecular formula is C23H24N3O5S+. The number of benzene rings is 2. The summed E-state index contributed by atoms with van der Waals surface area (Å²) in [4.78, 5) is 30.5. The standard InChI is InChI=1S/C23H23N3O5S/c1-14-11-16(7-8-19(14)31-3)22(29)20(18(28)13-27)21(26(2)23-24-9-10-32-23)15-5-4-6-17(12-15)25-30/h4-13,21,25,29-30H,1-3H3/p+1/b22-20-. The molecule has 9 heteroatoms. The van der Waals surface area contributed by atoms with E-state index < -0.39 is 11.8 Å². The third kappa shape index (κ3) is 4.70. The van der Waals surface area contributed by atoms with Crippen LogP contribution in [0.3, 0.4) is 0 Å². The second-order valence-electron chi connectivity index (χ2n) is 7.06. The fourth-order valence-corrected chi connectivity index (χ4v) is 4.16. The first-order valence-corrected chi connectivity index (χ1v) is 10.6. The fraction of sp³-hybridized carbons (Fsp3) is 0.174. The van der Waals surface area contributed by atoms with E-state index in [1.165, 1.54) is 11.3 Å². The Kier molecular flexibility index (Phi) is 7.37. The third-order valence-electron chi connectivity index (χ3n) is 5.05. The first kappa shape index (κ1) is 23.1. The SMILES string of the molecule is COc1ccc(/C(O)=C(\C(=O)C=O)C(c2cccc([NH2+]O)c2)N(C)c2nccs2)cc1C. The van der Waals surface area contributed by atoms with Gasteiger partial charge in [0.15, 0.2) is 17.1 Å². The normalized spacial score (nSPS) is 12.6. The summed E-state index contributed by atoms with van der Waals surface area (Å²) in [6, 6.07) is 11.0. The molecule has 0 aliphatic rings. The van der Waals surface area contributed by atoms with E-state index >= 15 is 0 Å². The van der Waals surface area contributed by atoms with Crippen LogP contribution < -0.4 is 15.1 Å². The van der Waals surface area contributed by atoms with Gasteiger partial charge in [0.1, 0.15) is 11.5 Å². The number of quaternary nitrogens is 1. The van der Waals surface area contributed by atoms with Crippen LogP contribution in [0.15, 0.2) is 59.6 Å². The number of thiazole rings is 1. The molecule has 1 atom stereocenters. The number of likely N-dealkylation sites (N-methyl/N-ethyl adjacent to an activating group) is 1. The monoisotopic (exact) mass is 454 g/mol. The minimum Gasteiger partial charge on any atom is -0.507 e. The lowest BCUT2D eigenvalue weighted by molar-refractivity contribution is -0.825. The molecule has 8 nitrogen and oxygen atoms in total. The number of nitrogens with two attached hydrogens (primary N) is 1. The van der Waals surface area contributed by atoms with Gasteiger partial charge in [-0.25, -0.2) is 10.2 Å². The van der Waals surface area contributed by atoms with E-state index in [9.17, 15) is 19.9 Å². The van der Waals surface area contributed by atoms with Gasteiger partial charge in [-0.1, -0.05) is 12.1 Å². The maximum absolute atomic E-state index is 12.9. The van der Waals surface area contributed by atoms with Gasteiger partial charge in [-0.15, -0.1) is 11.3 Å². The van der Waals surface area contributed by atoms with Crippen molar-refractivity contribution in [1.29, 1.82) is 0 Å². The molecule has 0 aliphatic carbocycles. The summed E-state index contributed by atoms with van der Waals surface area (Å²) >= 11 is 1.35. The number of anilines is 1. The maximum Gasteiger partial charge on any atom is 0.227 e. The highest BCUT2D eigenvalue weighted by Gasteiger charge is 2.32. The number of ketones is 1. The molecule has 0 fully saturated rings. The predicted molar refractivity (Wildman–Crippen MR) is 121 cm³/mol. The Labute approximate surface area is 189 Å². The predicted octanol–water partition coefficient (Wildman–Crippen LogP) is 2.96. The average molecular weight is 455 g/mol. The van der Waals surface area contributed by atoms with Crippen LogP contribution in [-0.2, 0) is 9.59 Å². The number of rotatable bonds is 9. The van der Waals surface area contributed by atoms with E-state index in [0.29, 0.717) is 27.7 Å². The number of carbonyl (C=O) groups excluding carboxylic acids is 2. The van der Waals surface area contributed by atoms with E-state index in [-0.39, 0.29) is 17.6 Å². The number of hydrogen-bond donors (Lipinski definition) is 3. The van der Waals surface area contributed by atoms with Crippen molar-refractivity contribution in [2.45, 2.75) is 13.0 Å². The minimum absolute atomic E-state index is 0.0997. The fourth-order valence-electron chi connectivity index (χ4n) is 3.52. The molecule has 1 aromatic heterocycles. The van der Waals surface area contributed by atoms with E-state index in [2.05, 4.69) is 4.98 Å². The second kappa shape index (κ2) is 10.2. The van der Waals surface area contributed by atoms with Crippen molar-refractivity contribution in [3.05, 3.63) is 76.3 Å². The number of aldehydes is 1. The topological polar surface area (TPSA) is 117 Å². The Balaban J connectivity index is 2.27. The first-order chi connectivity index (χ1) is 15.4. The zero-order valence-electron chi connectivity index (χ0n) is 17.9. The summed E-state index contributed by atoms with van der Waals surface area (Å²) in [6.45, 7) is 1.82. The second-order valence-corrected chi connectivity index (χ2v) is 7.93. The largest absolute Gasteiger partial charge is 0.507 e. The maximum atomic E-state index is 12.9. The van der Waals surface area contributed by atoms with Gasteiger partial charge in [0.05, 0.1) is 18.7 Å². The van der Waals surface area contributed by atoms with Crippen molar-refractivity contribution in [3.63, 3.8) is 0 Å². The molecule has 3 rings (SSSR count). The lowest BCUT2D eigenvalue weighted by atomic mass is 9.91. The number of nitrogens with zero attached hydrogens (tertiary/aromatic N) is 2. The lowest BCUT2D eigenvalue weighted by Crippen LogP contribution is -2.73. The zero-order valence-corrected chi connectivity index (χ0v) is 18.7. The van der Waals surface area contributed by atoms with Crippen LogP contribution in [0.1, 0.15) is 22.7 Å². The number of ether oxygens (including phenoxy) is 1. The number of aliphatic hydroxyl groups excluding tert-OH is 1. The Morgan fingerprint density at radius 1 is 1.28 bits per heavy atom. The number of Topliss-reactive ketones (excluding diaryl/α,β-unsaturated/α-hetero) is 1.